The minimum absolute atomic E-state index is 0.149. The smallest absolute Gasteiger partial charge is 0.251 e. The van der Waals surface area contributed by atoms with E-state index in [1.807, 2.05) is 13.0 Å². The molecule has 2 aromatic rings. The molecule has 0 unspecified atom stereocenters. The highest BCUT2D eigenvalue weighted by Crippen LogP contribution is 2.26. The van der Waals surface area contributed by atoms with Crippen LogP contribution in [0.1, 0.15) is 36.7 Å². The van der Waals surface area contributed by atoms with Crippen molar-refractivity contribution in [2.45, 2.75) is 31.7 Å². The fraction of sp³-hybridized carbons (Fsp3) is 0.300. The molecule has 29 heavy (non-hydrogen) atoms. The number of carbonyl (C=O) groups is 1. The van der Waals surface area contributed by atoms with Crippen molar-refractivity contribution in [2.24, 2.45) is 5.10 Å². The van der Waals surface area contributed by atoms with E-state index in [2.05, 4.69) is 25.9 Å². The number of amides is 1. The molecule has 0 spiro atoms. The molecule has 0 saturated carbocycles. The van der Waals surface area contributed by atoms with Crippen LogP contribution in [0.5, 0.6) is 0 Å². The molecular formula is C20H25N5O3S. The van der Waals surface area contributed by atoms with E-state index < -0.39 is 10.0 Å². The van der Waals surface area contributed by atoms with E-state index in [0.29, 0.717) is 30.1 Å². The third-order valence-corrected chi connectivity index (χ3v) is 5.89. The summed E-state index contributed by atoms with van der Waals surface area (Å²) in [4.78, 5) is 12.2. The number of hydrazone groups is 1. The zero-order chi connectivity index (χ0) is 21.0. The Labute approximate surface area is 170 Å². The van der Waals surface area contributed by atoms with E-state index in [9.17, 15) is 13.2 Å². The van der Waals surface area contributed by atoms with Crippen molar-refractivity contribution in [3.8, 4) is 0 Å². The van der Waals surface area contributed by atoms with Gasteiger partial charge in [0.25, 0.3) is 5.91 Å². The summed E-state index contributed by atoms with van der Waals surface area (Å²) in [5.41, 5.74) is 6.40. The van der Waals surface area contributed by atoms with Gasteiger partial charge in [0.1, 0.15) is 0 Å². The van der Waals surface area contributed by atoms with Crippen LogP contribution in [0.15, 0.2) is 52.5 Å². The van der Waals surface area contributed by atoms with E-state index in [-0.39, 0.29) is 16.8 Å². The number of hydrogen-bond donors (Lipinski definition) is 4. The summed E-state index contributed by atoms with van der Waals surface area (Å²) in [6.07, 6.45) is 0. The Morgan fingerprint density at radius 3 is 2.72 bits per heavy atom. The average molecular weight is 416 g/mol. The van der Waals surface area contributed by atoms with Crippen LogP contribution in [0.2, 0.25) is 0 Å². The maximum atomic E-state index is 12.5. The molecule has 0 fully saturated rings. The van der Waals surface area contributed by atoms with Crippen molar-refractivity contribution in [2.75, 3.05) is 23.8 Å². The summed E-state index contributed by atoms with van der Waals surface area (Å²) in [6, 6.07) is 11.8. The van der Waals surface area contributed by atoms with Gasteiger partial charge in [-0.15, -0.1) is 0 Å². The van der Waals surface area contributed by atoms with Crippen LogP contribution in [0.25, 0.3) is 0 Å². The zero-order valence-corrected chi connectivity index (χ0v) is 17.4. The van der Waals surface area contributed by atoms with Crippen LogP contribution < -0.4 is 20.8 Å². The summed E-state index contributed by atoms with van der Waals surface area (Å²) in [6.45, 7) is 6.44. The van der Waals surface area contributed by atoms with Crippen LogP contribution in [0.3, 0.4) is 0 Å². The van der Waals surface area contributed by atoms with E-state index in [4.69, 9.17) is 0 Å². The molecule has 9 heteroatoms. The lowest BCUT2D eigenvalue weighted by atomic mass is 10.1. The van der Waals surface area contributed by atoms with E-state index in [0.717, 1.165) is 11.3 Å². The van der Waals surface area contributed by atoms with Gasteiger partial charge >= 0.3 is 0 Å². The fourth-order valence-electron chi connectivity index (χ4n) is 2.96. The van der Waals surface area contributed by atoms with Crippen molar-refractivity contribution in [3.63, 3.8) is 0 Å². The van der Waals surface area contributed by atoms with Crippen molar-refractivity contribution in [1.29, 1.82) is 0 Å². The van der Waals surface area contributed by atoms with Crippen LogP contribution >= 0.6 is 0 Å². The monoisotopic (exact) mass is 415 g/mol. The first-order valence-electron chi connectivity index (χ1n) is 9.41. The molecule has 8 nitrogen and oxygen atoms in total. The van der Waals surface area contributed by atoms with Gasteiger partial charge in [-0.1, -0.05) is 6.07 Å². The maximum absolute atomic E-state index is 12.5. The number of hydrogen-bond acceptors (Lipinski definition) is 6. The van der Waals surface area contributed by atoms with Gasteiger partial charge < -0.3 is 10.6 Å². The average Bonchev–Trinajstić information content (AvgIpc) is 3.08. The summed E-state index contributed by atoms with van der Waals surface area (Å²) < 4.78 is 27.5. The topological polar surface area (TPSA) is 112 Å². The molecular weight excluding hydrogens is 390 g/mol. The predicted octanol–water partition coefficient (Wildman–Crippen LogP) is 2.36. The number of rotatable bonds is 7. The number of nitrogens with one attached hydrogen (secondary N) is 4. The van der Waals surface area contributed by atoms with Crippen LogP contribution in [-0.2, 0) is 10.0 Å². The molecule has 0 bridgehead atoms. The first kappa shape index (κ1) is 20.8. The summed E-state index contributed by atoms with van der Waals surface area (Å²) in [5, 5.41) is 10.4. The molecule has 0 aromatic heterocycles. The SMILES string of the molecule is CCNC(=O)c1cccc(N/N=C2\CNc3ccc(S(=O)(=O)NC(C)C)cc32)c1. The first-order valence-corrected chi connectivity index (χ1v) is 10.9. The lowest BCUT2D eigenvalue weighted by Gasteiger charge is -2.10. The molecule has 1 aliphatic rings. The van der Waals surface area contributed by atoms with Gasteiger partial charge in [-0.3, -0.25) is 10.2 Å². The molecule has 3 rings (SSSR count). The van der Waals surface area contributed by atoms with Crippen LogP contribution in [-0.4, -0.2) is 39.2 Å². The summed E-state index contributed by atoms with van der Waals surface area (Å²) in [5.74, 6) is -0.149. The molecule has 4 N–H and O–H groups in total. The zero-order valence-electron chi connectivity index (χ0n) is 16.6. The third-order valence-electron chi connectivity index (χ3n) is 4.23. The Balaban J connectivity index is 1.83. The highest BCUT2D eigenvalue weighted by Gasteiger charge is 2.22. The Morgan fingerprint density at radius 1 is 1.21 bits per heavy atom. The summed E-state index contributed by atoms with van der Waals surface area (Å²) >= 11 is 0. The second-order valence-electron chi connectivity index (χ2n) is 6.95. The number of nitrogens with zero attached hydrogens (tertiary/aromatic N) is 1. The van der Waals surface area contributed by atoms with Gasteiger partial charge in [0, 0.05) is 29.4 Å². The Kier molecular flexibility index (Phi) is 6.19. The number of carbonyl (C=O) groups excluding carboxylic acids is 1. The van der Waals surface area contributed by atoms with E-state index in [1.54, 1.807) is 50.2 Å². The van der Waals surface area contributed by atoms with E-state index >= 15 is 0 Å². The molecule has 2 aromatic carbocycles. The van der Waals surface area contributed by atoms with Crippen LogP contribution in [0, 0.1) is 0 Å². The Bertz CT molecular complexity index is 1050. The normalized spacial score (nSPS) is 14.6. The molecule has 1 amide bonds. The highest BCUT2D eigenvalue weighted by molar-refractivity contribution is 7.89. The molecule has 0 saturated heterocycles. The van der Waals surface area contributed by atoms with Gasteiger partial charge in [0.2, 0.25) is 10.0 Å². The number of fused-ring (bicyclic) bond motifs is 1. The fourth-order valence-corrected chi connectivity index (χ4v) is 4.24. The molecule has 1 aliphatic heterocycles. The van der Waals surface area contributed by atoms with Gasteiger partial charge in [-0.05, 0) is 57.2 Å². The number of benzene rings is 2. The molecule has 0 aliphatic carbocycles. The molecule has 154 valence electrons. The van der Waals surface area contributed by atoms with Crippen molar-refractivity contribution < 1.29 is 13.2 Å². The van der Waals surface area contributed by atoms with Crippen molar-refractivity contribution >= 4 is 33.0 Å². The Hall–Kier alpha value is -2.91. The van der Waals surface area contributed by atoms with Gasteiger partial charge in [0.05, 0.1) is 22.8 Å². The second kappa shape index (κ2) is 8.62. The maximum Gasteiger partial charge on any atom is 0.251 e. The minimum Gasteiger partial charge on any atom is -0.379 e. The van der Waals surface area contributed by atoms with Crippen molar-refractivity contribution in [1.82, 2.24) is 10.0 Å². The third kappa shape index (κ3) is 4.93. The number of anilines is 2. The van der Waals surface area contributed by atoms with Crippen LogP contribution in [0.4, 0.5) is 11.4 Å². The van der Waals surface area contributed by atoms with E-state index in [1.165, 1.54) is 0 Å². The van der Waals surface area contributed by atoms with Gasteiger partial charge in [-0.2, -0.15) is 5.10 Å². The predicted molar refractivity (Wildman–Crippen MR) is 115 cm³/mol. The molecule has 0 atom stereocenters. The largest absolute Gasteiger partial charge is 0.379 e. The highest BCUT2D eigenvalue weighted by atomic mass is 32.2. The Morgan fingerprint density at radius 2 is 2.00 bits per heavy atom. The van der Waals surface area contributed by atoms with Crippen molar-refractivity contribution in [3.05, 3.63) is 53.6 Å². The van der Waals surface area contributed by atoms with Gasteiger partial charge in [-0.25, -0.2) is 13.1 Å². The quantitative estimate of drug-likeness (QED) is 0.519. The second-order valence-corrected chi connectivity index (χ2v) is 8.66. The standard InChI is InChI=1S/C20H25N5O3S/c1-4-21-20(26)14-6-5-7-15(10-14)23-24-19-12-22-18-9-8-16(11-17(18)19)29(27,28)25-13(2)3/h5-11,13,22-23,25H,4,12H2,1-3H3,(H,21,26)/b24-19+. The summed E-state index contributed by atoms with van der Waals surface area (Å²) in [7, 11) is -3.59. The lowest BCUT2D eigenvalue weighted by Crippen LogP contribution is -2.30. The first-order chi connectivity index (χ1) is 13.8. The minimum atomic E-state index is -3.59. The lowest BCUT2D eigenvalue weighted by molar-refractivity contribution is 0.0956. The molecule has 0 radical (unpaired) electrons. The van der Waals surface area contributed by atoms with Gasteiger partial charge in [0.15, 0.2) is 0 Å². The number of sulfonamides is 1. The molecule has 1 heterocycles.